The van der Waals surface area contributed by atoms with E-state index in [1.165, 1.54) is 24.3 Å². The molecule has 2 aromatic carbocycles. The average Bonchev–Trinajstić information content (AvgIpc) is 2.67. The molecule has 4 nitrogen and oxygen atoms in total. The number of hydrogen-bond donors (Lipinski definition) is 1. The number of nitrogens with zero attached hydrogens (tertiary/aromatic N) is 1. The van der Waals surface area contributed by atoms with Crippen LogP contribution in [0.3, 0.4) is 0 Å². The van der Waals surface area contributed by atoms with Crippen molar-refractivity contribution in [1.29, 1.82) is 0 Å². The molecule has 0 amide bonds. The van der Waals surface area contributed by atoms with Crippen molar-refractivity contribution in [3.8, 4) is 0 Å². The molecule has 0 saturated carbocycles. The van der Waals surface area contributed by atoms with Gasteiger partial charge in [-0.3, -0.25) is 9.59 Å². The SMILES string of the molecule is O=C1CC(c2ccc(C(F)(F)F)cc2)Cc2c1c(=O)c1c(Cl)c(Cl)ccc1n2O. The van der Waals surface area contributed by atoms with Gasteiger partial charge in [0.25, 0.3) is 0 Å². The van der Waals surface area contributed by atoms with Crippen molar-refractivity contribution in [2.75, 3.05) is 0 Å². The predicted molar refractivity (Wildman–Crippen MR) is 102 cm³/mol. The second-order valence-electron chi connectivity index (χ2n) is 6.87. The highest BCUT2D eigenvalue weighted by atomic mass is 35.5. The fourth-order valence-corrected chi connectivity index (χ4v) is 4.13. The van der Waals surface area contributed by atoms with Gasteiger partial charge in [-0.1, -0.05) is 35.3 Å². The van der Waals surface area contributed by atoms with Gasteiger partial charge >= 0.3 is 6.18 Å². The van der Waals surface area contributed by atoms with Crippen molar-refractivity contribution in [2.24, 2.45) is 0 Å². The summed E-state index contributed by atoms with van der Waals surface area (Å²) in [6.45, 7) is 0. The molecular weight excluding hydrogens is 430 g/mol. The fraction of sp³-hybridized carbons (Fsp3) is 0.200. The number of hydrogen-bond acceptors (Lipinski definition) is 3. The summed E-state index contributed by atoms with van der Waals surface area (Å²) < 4.78 is 39.1. The zero-order chi connectivity index (χ0) is 21.1. The minimum atomic E-state index is -4.46. The number of benzene rings is 2. The van der Waals surface area contributed by atoms with Gasteiger partial charge in [0.15, 0.2) is 5.78 Å². The Labute approximate surface area is 172 Å². The van der Waals surface area contributed by atoms with E-state index in [-0.39, 0.29) is 45.0 Å². The average molecular weight is 442 g/mol. The summed E-state index contributed by atoms with van der Waals surface area (Å²) in [5, 5.41) is 10.6. The highest BCUT2D eigenvalue weighted by molar-refractivity contribution is 6.45. The fourth-order valence-electron chi connectivity index (χ4n) is 3.73. The van der Waals surface area contributed by atoms with Crippen LogP contribution in [0.2, 0.25) is 10.0 Å². The molecule has 0 bridgehead atoms. The van der Waals surface area contributed by atoms with E-state index in [2.05, 4.69) is 0 Å². The quantitative estimate of drug-likeness (QED) is 0.508. The third-order valence-electron chi connectivity index (χ3n) is 5.16. The van der Waals surface area contributed by atoms with Crippen LogP contribution in [-0.2, 0) is 12.6 Å². The zero-order valence-electron chi connectivity index (χ0n) is 14.6. The predicted octanol–water partition coefficient (Wildman–Crippen LogP) is 5.48. The summed E-state index contributed by atoms with van der Waals surface area (Å²) in [5.41, 5.74) is -0.874. The second kappa shape index (κ2) is 6.78. The number of carbonyl (C=O) groups excluding carboxylic acids is 1. The number of pyridine rings is 1. The van der Waals surface area contributed by atoms with E-state index < -0.39 is 28.9 Å². The number of alkyl halides is 3. The van der Waals surface area contributed by atoms with E-state index in [9.17, 15) is 28.0 Å². The maximum Gasteiger partial charge on any atom is 0.416 e. The van der Waals surface area contributed by atoms with Crippen LogP contribution in [-0.4, -0.2) is 15.7 Å². The summed E-state index contributed by atoms with van der Waals surface area (Å²) >= 11 is 12.1. The molecule has 0 aliphatic heterocycles. The second-order valence-corrected chi connectivity index (χ2v) is 7.65. The molecule has 0 saturated heterocycles. The summed E-state index contributed by atoms with van der Waals surface area (Å²) in [4.78, 5) is 25.6. The van der Waals surface area contributed by atoms with Crippen LogP contribution >= 0.6 is 23.2 Å². The minimum Gasteiger partial charge on any atom is -0.428 e. The number of aromatic nitrogens is 1. The molecule has 29 heavy (non-hydrogen) atoms. The van der Waals surface area contributed by atoms with Gasteiger partial charge in [-0.05, 0) is 42.2 Å². The van der Waals surface area contributed by atoms with Crippen molar-refractivity contribution >= 4 is 39.9 Å². The van der Waals surface area contributed by atoms with Gasteiger partial charge in [-0.15, -0.1) is 0 Å². The molecule has 1 aliphatic carbocycles. The van der Waals surface area contributed by atoms with Crippen LogP contribution in [0.25, 0.3) is 10.9 Å². The molecular formula is C20H12Cl2F3NO3. The molecule has 150 valence electrons. The van der Waals surface area contributed by atoms with Crippen LogP contribution in [0.5, 0.6) is 0 Å². The highest BCUT2D eigenvalue weighted by Crippen LogP contribution is 2.36. The lowest BCUT2D eigenvalue weighted by molar-refractivity contribution is -0.137. The van der Waals surface area contributed by atoms with Crippen molar-refractivity contribution in [3.63, 3.8) is 0 Å². The summed E-state index contributed by atoms with van der Waals surface area (Å²) in [5.74, 6) is -0.989. The molecule has 9 heteroatoms. The minimum absolute atomic E-state index is 0.0539. The van der Waals surface area contributed by atoms with E-state index >= 15 is 0 Å². The Morgan fingerprint density at radius 2 is 1.66 bits per heavy atom. The van der Waals surface area contributed by atoms with Gasteiger partial charge in [0.05, 0.1) is 37.8 Å². The van der Waals surface area contributed by atoms with Gasteiger partial charge in [0.2, 0.25) is 5.43 Å². The molecule has 1 aromatic heterocycles. The van der Waals surface area contributed by atoms with Gasteiger partial charge in [0, 0.05) is 6.42 Å². The Hall–Kier alpha value is -2.51. The normalized spacial score (nSPS) is 16.9. The molecule has 4 rings (SSSR count). The number of carbonyl (C=O) groups is 1. The molecule has 1 atom stereocenters. The van der Waals surface area contributed by atoms with Gasteiger partial charge in [-0.2, -0.15) is 17.9 Å². The third-order valence-corrected chi connectivity index (χ3v) is 5.96. The van der Waals surface area contributed by atoms with Crippen molar-refractivity contribution < 1.29 is 23.2 Å². The largest absolute Gasteiger partial charge is 0.428 e. The van der Waals surface area contributed by atoms with Crippen LogP contribution in [0.1, 0.15) is 39.5 Å². The molecule has 1 heterocycles. The Kier molecular flexibility index (Phi) is 4.63. The van der Waals surface area contributed by atoms with Crippen molar-refractivity contribution in [2.45, 2.75) is 24.9 Å². The Balaban J connectivity index is 1.83. The van der Waals surface area contributed by atoms with E-state index in [0.29, 0.717) is 5.56 Å². The number of ketones is 1. The van der Waals surface area contributed by atoms with Gasteiger partial charge < -0.3 is 5.21 Å². The molecule has 3 aromatic rings. The summed E-state index contributed by atoms with van der Waals surface area (Å²) in [6.07, 6.45) is -4.43. The molecule has 1 unspecified atom stereocenters. The standard InChI is InChI=1S/C20H12Cl2F3NO3/c21-12-5-6-13-17(18(12)22)19(28)16-14(26(13)29)7-10(8-15(16)27)9-1-3-11(4-2-9)20(23,24)25/h1-6,10,29H,7-8H2. The summed E-state index contributed by atoms with van der Waals surface area (Å²) in [7, 11) is 0. The molecule has 1 aliphatic rings. The molecule has 0 spiro atoms. The van der Waals surface area contributed by atoms with Crippen LogP contribution in [0.15, 0.2) is 41.2 Å². The van der Waals surface area contributed by atoms with E-state index in [0.717, 1.165) is 16.9 Å². The number of rotatable bonds is 1. The maximum atomic E-state index is 12.9. The first kappa shape index (κ1) is 19.8. The zero-order valence-corrected chi connectivity index (χ0v) is 16.1. The monoisotopic (exact) mass is 441 g/mol. The van der Waals surface area contributed by atoms with Crippen molar-refractivity contribution in [3.05, 3.63) is 79.1 Å². The number of halogens is 5. The smallest absolute Gasteiger partial charge is 0.416 e. The lowest BCUT2D eigenvalue weighted by Crippen LogP contribution is -2.30. The number of Topliss-reactive ketones (excluding diaryl/α,β-unsaturated/α-hetero) is 1. The van der Waals surface area contributed by atoms with E-state index in [1.807, 2.05) is 0 Å². The maximum absolute atomic E-state index is 12.9. The molecule has 0 radical (unpaired) electrons. The van der Waals surface area contributed by atoms with Crippen LogP contribution in [0.4, 0.5) is 13.2 Å². The number of fused-ring (bicyclic) bond motifs is 2. The Morgan fingerprint density at radius 1 is 1.00 bits per heavy atom. The highest BCUT2D eigenvalue weighted by Gasteiger charge is 2.34. The van der Waals surface area contributed by atoms with E-state index in [4.69, 9.17) is 23.2 Å². The lowest BCUT2D eigenvalue weighted by atomic mass is 9.81. The first-order chi connectivity index (χ1) is 13.6. The van der Waals surface area contributed by atoms with Gasteiger partial charge in [-0.25, -0.2) is 0 Å². The lowest BCUT2D eigenvalue weighted by Gasteiger charge is -2.26. The Morgan fingerprint density at radius 3 is 2.28 bits per heavy atom. The Bertz CT molecular complexity index is 1220. The topological polar surface area (TPSA) is 59.3 Å². The first-order valence-electron chi connectivity index (χ1n) is 8.54. The van der Waals surface area contributed by atoms with Gasteiger partial charge in [0.1, 0.15) is 0 Å². The molecule has 0 fully saturated rings. The van der Waals surface area contributed by atoms with Crippen LogP contribution in [0, 0.1) is 0 Å². The molecule has 1 N–H and O–H groups in total. The van der Waals surface area contributed by atoms with Crippen LogP contribution < -0.4 is 5.43 Å². The van der Waals surface area contributed by atoms with E-state index in [1.54, 1.807) is 0 Å². The first-order valence-corrected chi connectivity index (χ1v) is 9.30. The summed E-state index contributed by atoms with van der Waals surface area (Å²) in [6, 6.07) is 7.35. The van der Waals surface area contributed by atoms with Crippen molar-refractivity contribution in [1.82, 2.24) is 4.73 Å². The third kappa shape index (κ3) is 3.18.